The molecule has 0 spiro atoms. The molecule has 1 aromatic heterocycles. The van der Waals surface area contributed by atoms with Gasteiger partial charge in [0, 0.05) is 27.9 Å². The van der Waals surface area contributed by atoms with Gasteiger partial charge in [0.25, 0.3) is 5.56 Å². The first-order chi connectivity index (χ1) is 12.1. The van der Waals surface area contributed by atoms with Crippen molar-refractivity contribution in [2.75, 3.05) is 11.1 Å². The van der Waals surface area contributed by atoms with E-state index in [4.69, 9.17) is 4.98 Å². The highest BCUT2D eigenvalue weighted by Crippen LogP contribution is 2.34. The maximum Gasteiger partial charge on any atom is 0.257 e. The maximum atomic E-state index is 12.9. The molecule has 1 aromatic carbocycles. The van der Waals surface area contributed by atoms with Crippen LogP contribution in [0.3, 0.4) is 0 Å². The van der Waals surface area contributed by atoms with Gasteiger partial charge in [0.1, 0.15) is 0 Å². The molecule has 1 aliphatic carbocycles. The zero-order valence-electron chi connectivity index (χ0n) is 13.6. The summed E-state index contributed by atoms with van der Waals surface area (Å²) in [5.41, 5.74) is 2.63. The third kappa shape index (κ3) is 3.40. The largest absolute Gasteiger partial charge is 0.326 e. The van der Waals surface area contributed by atoms with Crippen LogP contribution in [0.4, 0.5) is 5.69 Å². The number of nitrogens with one attached hydrogen (secondary N) is 1. The van der Waals surface area contributed by atoms with E-state index in [2.05, 4.69) is 21.2 Å². The molecule has 2 aromatic rings. The normalized spacial score (nSPS) is 18.5. The van der Waals surface area contributed by atoms with Crippen LogP contribution in [0.2, 0.25) is 0 Å². The summed E-state index contributed by atoms with van der Waals surface area (Å²) < 4.78 is 2.66. The van der Waals surface area contributed by atoms with Gasteiger partial charge in [0.05, 0.1) is 11.7 Å². The molecule has 0 saturated carbocycles. The lowest BCUT2D eigenvalue weighted by Crippen LogP contribution is -2.32. The van der Waals surface area contributed by atoms with Gasteiger partial charge in [0.2, 0.25) is 5.91 Å². The van der Waals surface area contributed by atoms with E-state index >= 15 is 0 Å². The second-order valence-corrected chi connectivity index (χ2v) is 8.33. The third-order valence-corrected chi connectivity index (χ3v) is 6.24. The molecule has 25 heavy (non-hydrogen) atoms. The summed E-state index contributed by atoms with van der Waals surface area (Å²) in [6, 6.07) is 7.37. The number of thioether (sulfide) groups is 1. The molecule has 4 rings (SSSR count). The molecule has 2 aliphatic rings. The van der Waals surface area contributed by atoms with Gasteiger partial charge in [0.15, 0.2) is 5.16 Å². The topological polar surface area (TPSA) is 64.0 Å². The minimum absolute atomic E-state index is 0.0601. The van der Waals surface area contributed by atoms with Crippen LogP contribution in [0.15, 0.2) is 38.7 Å². The SMILES string of the molecule is O=C(CC1CSc2nc3c(c(=O)n21)CCCC3)Nc1cccc(Br)c1. The number of nitrogens with zero attached hydrogens (tertiary/aromatic N) is 2. The summed E-state index contributed by atoms with van der Waals surface area (Å²) in [7, 11) is 0. The highest BCUT2D eigenvalue weighted by atomic mass is 79.9. The van der Waals surface area contributed by atoms with Gasteiger partial charge >= 0.3 is 0 Å². The third-order valence-electron chi connectivity index (χ3n) is 4.65. The van der Waals surface area contributed by atoms with Crippen LogP contribution in [0, 0.1) is 0 Å². The summed E-state index contributed by atoms with van der Waals surface area (Å²) in [6.07, 6.45) is 4.14. The molecule has 7 heteroatoms. The molecule has 1 atom stereocenters. The predicted molar refractivity (Wildman–Crippen MR) is 102 cm³/mol. The highest BCUT2D eigenvalue weighted by Gasteiger charge is 2.30. The van der Waals surface area contributed by atoms with Crippen LogP contribution in [0.1, 0.15) is 36.6 Å². The van der Waals surface area contributed by atoms with Gasteiger partial charge in [-0.1, -0.05) is 33.8 Å². The molecule has 1 unspecified atom stereocenters. The van der Waals surface area contributed by atoms with Crippen LogP contribution in [-0.4, -0.2) is 21.2 Å². The van der Waals surface area contributed by atoms with E-state index in [1.54, 1.807) is 16.3 Å². The Bertz CT molecular complexity index is 896. The number of hydrogen-bond donors (Lipinski definition) is 1. The summed E-state index contributed by atoms with van der Waals surface area (Å²) in [5, 5.41) is 3.68. The van der Waals surface area contributed by atoms with E-state index in [0.29, 0.717) is 0 Å². The molecular formula is C18H18BrN3O2S. The Morgan fingerprint density at radius 2 is 2.20 bits per heavy atom. The molecule has 0 saturated heterocycles. The van der Waals surface area contributed by atoms with Crippen LogP contribution in [0.5, 0.6) is 0 Å². The Morgan fingerprint density at radius 1 is 1.36 bits per heavy atom. The molecule has 5 nitrogen and oxygen atoms in total. The average Bonchev–Trinajstić information content (AvgIpc) is 2.98. The molecule has 1 N–H and O–H groups in total. The van der Waals surface area contributed by atoms with Crippen molar-refractivity contribution in [3.63, 3.8) is 0 Å². The van der Waals surface area contributed by atoms with Crippen molar-refractivity contribution >= 4 is 39.3 Å². The quantitative estimate of drug-likeness (QED) is 0.772. The number of hydrogen-bond acceptors (Lipinski definition) is 4. The number of benzene rings is 1. The number of aryl methyl sites for hydroxylation is 1. The Hall–Kier alpha value is -1.60. The lowest BCUT2D eigenvalue weighted by molar-refractivity contribution is -0.116. The fourth-order valence-corrected chi connectivity index (χ4v) is 5.01. The molecule has 130 valence electrons. The van der Waals surface area contributed by atoms with Crippen LogP contribution < -0.4 is 10.9 Å². The second-order valence-electron chi connectivity index (χ2n) is 6.43. The van der Waals surface area contributed by atoms with Crippen molar-refractivity contribution in [3.8, 4) is 0 Å². The molecule has 0 fully saturated rings. The molecule has 0 radical (unpaired) electrons. The van der Waals surface area contributed by atoms with Gasteiger partial charge in [-0.25, -0.2) is 4.98 Å². The Morgan fingerprint density at radius 3 is 3.04 bits per heavy atom. The first kappa shape index (κ1) is 16.8. The van der Waals surface area contributed by atoms with Gasteiger partial charge in [-0.05, 0) is 43.9 Å². The van der Waals surface area contributed by atoms with Crippen LogP contribution in [0.25, 0.3) is 0 Å². The minimum Gasteiger partial charge on any atom is -0.326 e. The van der Waals surface area contributed by atoms with Crippen molar-refractivity contribution < 1.29 is 4.79 Å². The Kier molecular flexibility index (Phi) is 4.69. The van der Waals surface area contributed by atoms with E-state index < -0.39 is 0 Å². The zero-order valence-corrected chi connectivity index (χ0v) is 16.0. The van der Waals surface area contributed by atoms with Crippen molar-refractivity contribution in [2.45, 2.75) is 43.3 Å². The van der Waals surface area contributed by atoms with E-state index in [0.717, 1.165) is 58.0 Å². The Labute approximate surface area is 158 Å². The highest BCUT2D eigenvalue weighted by molar-refractivity contribution is 9.10. The summed E-state index contributed by atoms with van der Waals surface area (Å²) in [5.74, 6) is 0.637. The summed E-state index contributed by atoms with van der Waals surface area (Å²) in [6.45, 7) is 0. The summed E-state index contributed by atoms with van der Waals surface area (Å²) in [4.78, 5) is 30.0. The number of halogens is 1. The van der Waals surface area contributed by atoms with Crippen molar-refractivity contribution in [2.24, 2.45) is 0 Å². The number of carbonyl (C=O) groups is 1. The Balaban J connectivity index is 1.54. The molecule has 0 bridgehead atoms. The zero-order chi connectivity index (χ0) is 17.4. The van der Waals surface area contributed by atoms with Gasteiger partial charge in [-0.3, -0.25) is 14.2 Å². The monoisotopic (exact) mass is 419 g/mol. The number of rotatable bonds is 3. The molecule has 2 heterocycles. The van der Waals surface area contributed by atoms with Gasteiger partial charge < -0.3 is 5.32 Å². The molecule has 1 amide bonds. The van der Waals surface area contributed by atoms with Crippen LogP contribution >= 0.6 is 27.7 Å². The van der Waals surface area contributed by atoms with E-state index in [-0.39, 0.29) is 23.9 Å². The standard InChI is InChI=1S/C18H18BrN3O2S/c19-11-4-3-5-12(8-11)20-16(23)9-13-10-25-18-21-15-7-2-1-6-14(15)17(24)22(13)18/h3-5,8,13H,1-2,6-7,9-10H2,(H,20,23). The van der Waals surface area contributed by atoms with Crippen molar-refractivity contribution in [1.29, 1.82) is 0 Å². The molecular weight excluding hydrogens is 402 g/mol. The summed E-state index contributed by atoms with van der Waals surface area (Å²) >= 11 is 4.98. The minimum atomic E-state index is -0.126. The van der Waals surface area contributed by atoms with Gasteiger partial charge in [-0.15, -0.1) is 0 Å². The number of fused-ring (bicyclic) bond motifs is 2. The number of aromatic nitrogens is 2. The lowest BCUT2D eigenvalue weighted by Gasteiger charge is -2.18. The molecule has 1 aliphatic heterocycles. The maximum absolute atomic E-state index is 12.9. The fraction of sp³-hybridized carbons (Fsp3) is 0.389. The van der Waals surface area contributed by atoms with E-state index in [9.17, 15) is 9.59 Å². The van der Waals surface area contributed by atoms with Crippen LogP contribution in [-0.2, 0) is 17.6 Å². The smallest absolute Gasteiger partial charge is 0.257 e. The fourth-order valence-electron chi connectivity index (χ4n) is 3.46. The van der Waals surface area contributed by atoms with Crippen molar-refractivity contribution in [3.05, 3.63) is 50.3 Å². The van der Waals surface area contributed by atoms with E-state index in [1.807, 2.05) is 24.3 Å². The van der Waals surface area contributed by atoms with Crippen molar-refractivity contribution in [1.82, 2.24) is 9.55 Å². The first-order valence-corrected chi connectivity index (χ1v) is 10.2. The predicted octanol–water partition coefficient (Wildman–Crippen LogP) is 3.56. The number of amides is 1. The number of anilines is 1. The van der Waals surface area contributed by atoms with Gasteiger partial charge in [-0.2, -0.15) is 0 Å². The number of carbonyl (C=O) groups excluding carboxylic acids is 1. The first-order valence-electron chi connectivity index (χ1n) is 8.44. The lowest BCUT2D eigenvalue weighted by atomic mass is 9.97. The second kappa shape index (κ2) is 6.96. The van der Waals surface area contributed by atoms with E-state index in [1.165, 1.54) is 0 Å². The average molecular weight is 420 g/mol.